The van der Waals surface area contributed by atoms with E-state index in [1.54, 1.807) is 56.3 Å². The minimum absolute atomic E-state index is 0.0211. The quantitative estimate of drug-likeness (QED) is 0.225. The van der Waals surface area contributed by atoms with Gasteiger partial charge in [-0.3, -0.25) is 13.9 Å². The van der Waals surface area contributed by atoms with Gasteiger partial charge in [-0.15, -0.1) is 0 Å². The third-order valence-corrected chi connectivity index (χ3v) is 9.38. The first-order chi connectivity index (χ1) is 19.9. The van der Waals surface area contributed by atoms with Crippen molar-refractivity contribution in [1.82, 2.24) is 10.2 Å². The van der Waals surface area contributed by atoms with Crippen molar-refractivity contribution in [3.8, 4) is 5.75 Å². The average molecular weight is 655 g/mol. The molecule has 2 amide bonds. The lowest BCUT2D eigenvalue weighted by atomic mass is 10.1. The Morgan fingerprint density at radius 2 is 1.60 bits per heavy atom. The van der Waals surface area contributed by atoms with Crippen LogP contribution in [0, 0.1) is 0 Å². The maximum atomic E-state index is 14.1. The van der Waals surface area contributed by atoms with Gasteiger partial charge in [0.1, 0.15) is 18.3 Å². The second kappa shape index (κ2) is 15.0. The van der Waals surface area contributed by atoms with Crippen LogP contribution in [0.15, 0.2) is 71.6 Å². The van der Waals surface area contributed by atoms with Crippen LogP contribution < -0.4 is 14.4 Å². The minimum atomic E-state index is -4.29. The van der Waals surface area contributed by atoms with E-state index in [4.69, 9.17) is 39.5 Å². The molecule has 0 saturated heterocycles. The van der Waals surface area contributed by atoms with Gasteiger partial charge in [-0.1, -0.05) is 59.9 Å². The second-order valence-corrected chi connectivity index (χ2v) is 12.7. The summed E-state index contributed by atoms with van der Waals surface area (Å²) in [5.74, 6) is -0.708. The van der Waals surface area contributed by atoms with E-state index in [2.05, 4.69) is 5.32 Å². The topological polar surface area (TPSA) is 96.0 Å². The number of hydrogen-bond acceptors (Lipinski definition) is 5. The highest BCUT2D eigenvalue weighted by molar-refractivity contribution is 7.92. The number of carbonyl (C=O) groups excluding carboxylic acids is 2. The number of rotatable bonds is 13. The van der Waals surface area contributed by atoms with Gasteiger partial charge in [-0.25, -0.2) is 8.42 Å². The number of carbonyl (C=O) groups is 2. The summed E-state index contributed by atoms with van der Waals surface area (Å²) in [7, 11) is -4.29. The lowest BCUT2D eigenvalue weighted by molar-refractivity contribution is -0.139. The van der Waals surface area contributed by atoms with Crippen molar-refractivity contribution in [2.75, 3.05) is 17.5 Å². The van der Waals surface area contributed by atoms with Crippen LogP contribution in [0.1, 0.15) is 39.7 Å². The van der Waals surface area contributed by atoms with E-state index >= 15 is 0 Å². The largest absolute Gasteiger partial charge is 0.492 e. The van der Waals surface area contributed by atoms with Crippen molar-refractivity contribution in [1.29, 1.82) is 0 Å². The van der Waals surface area contributed by atoms with Crippen LogP contribution in [0.5, 0.6) is 5.75 Å². The monoisotopic (exact) mass is 653 g/mol. The van der Waals surface area contributed by atoms with E-state index in [1.807, 2.05) is 13.8 Å². The molecule has 3 aromatic carbocycles. The number of anilines is 1. The summed E-state index contributed by atoms with van der Waals surface area (Å²) in [5, 5.41) is 3.89. The summed E-state index contributed by atoms with van der Waals surface area (Å²) >= 11 is 18.3. The predicted molar refractivity (Wildman–Crippen MR) is 168 cm³/mol. The summed E-state index contributed by atoms with van der Waals surface area (Å²) in [6.07, 6.45) is 0.695. The molecule has 0 aliphatic rings. The highest BCUT2D eigenvalue weighted by Gasteiger charge is 2.34. The summed E-state index contributed by atoms with van der Waals surface area (Å²) in [5.41, 5.74) is 0.789. The lowest BCUT2D eigenvalue weighted by Crippen LogP contribution is -2.52. The molecule has 0 saturated carbocycles. The second-order valence-electron chi connectivity index (χ2n) is 9.63. The number of ether oxygens (including phenoxy) is 1. The van der Waals surface area contributed by atoms with Gasteiger partial charge in [0.2, 0.25) is 11.8 Å². The van der Waals surface area contributed by atoms with Gasteiger partial charge in [0.25, 0.3) is 10.0 Å². The van der Waals surface area contributed by atoms with Crippen LogP contribution in [0.4, 0.5) is 5.69 Å². The fourth-order valence-corrected chi connectivity index (χ4v) is 5.94. The van der Waals surface area contributed by atoms with Gasteiger partial charge >= 0.3 is 0 Å². The van der Waals surface area contributed by atoms with E-state index < -0.39 is 28.5 Å². The Balaban J connectivity index is 2.09. The van der Waals surface area contributed by atoms with Crippen molar-refractivity contribution < 1.29 is 22.7 Å². The zero-order valence-electron chi connectivity index (χ0n) is 23.8. The molecular weight excluding hydrogens is 621 g/mol. The zero-order valence-corrected chi connectivity index (χ0v) is 26.9. The summed E-state index contributed by atoms with van der Waals surface area (Å²) in [6, 6.07) is 16.0. The molecule has 42 heavy (non-hydrogen) atoms. The molecule has 12 heteroatoms. The first-order valence-corrected chi connectivity index (χ1v) is 16.0. The first kappa shape index (κ1) is 33.5. The highest BCUT2D eigenvalue weighted by atomic mass is 35.5. The molecule has 2 atom stereocenters. The maximum absolute atomic E-state index is 14.1. The van der Waals surface area contributed by atoms with E-state index in [0.29, 0.717) is 22.0 Å². The molecular formula is C30H34Cl3N3O5S. The van der Waals surface area contributed by atoms with Crippen molar-refractivity contribution in [2.24, 2.45) is 0 Å². The molecule has 0 aliphatic carbocycles. The molecule has 0 aliphatic heterocycles. The summed E-state index contributed by atoms with van der Waals surface area (Å²) in [6.45, 7) is 6.81. The lowest BCUT2D eigenvalue weighted by Gasteiger charge is -2.33. The maximum Gasteiger partial charge on any atom is 0.264 e. The zero-order chi connectivity index (χ0) is 31.0. The molecule has 0 unspecified atom stereocenters. The molecule has 1 N–H and O–H groups in total. The van der Waals surface area contributed by atoms with Gasteiger partial charge in [0.05, 0.1) is 27.2 Å². The molecule has 3 rings (SSSR count). The Labute approximate surface area is 262 Å². The molecule has 3 aromatic rings. The van der Waals surface area contributed by atoms with Crippen molar-refractivity contribution in [2.45, 2.75) is 57.6 Å². The predicted octanol–water partition coefficient (Wildman–Crippen LogP) is 6.57. The molecule has 0 bridgehead atoms. The Morgan fingerprint density at radius 1 is 0.929 bits per heavy atom. The van der Waals surface area contributed by atoms with Crippen molar-refractivity contribution >= 4 is 62.3 Å². The highest BCUT2D eigenvalue weighted by Crippen LogP contribution is 2.33. The number of hydrogen-bond donors (Lipinski definition) is 1. The number of nitrogens with one attached hydrogen (secondary N) is 1. The van der Waals surface area contributed by atoms with E-state index in [-0.39, 0.29) is 46.5 Å². The number of nitrogens with zero attached hydrogens (tertiary/aromatic N) is 2. The molecule has 0 radical (unpaired) electrons. The molecule has 0 fully saturated rings. The van der Waals surface area contributed by atoms with Gasteiger partial charge in [-0.05, 0) is 81.3 Å². The Kier molecular flexibility index (Phi) is 11.9. The Bertz CT molecular complexity index is 1500. The molecule has 0 heterocycles. The average Bonchev–Trinajstić information content (AvgIpc) is 2.96. The van der Waals surface area contributed by atoms with E-state index in [1.165, 1.54) is 29.2 Å². The number of benzene rings is 3. The van der Waals surface area contributed by atoms with E-state index in [9.17, 15) is 18.0 Å². The normalized spacial score (nSPS) is 12.7. The van der Waals surface area contributed by atoms with Crippen molar-refractivity contribution in [3.63, 3.8) is 0 Å². The number of sulfonamides is 1. The fraction of sp³-hybridized carbons (Fsp3) is 0.333. The number of para-hydroxylation sites is 2. The minimum Gasteiger partial charge on any atom is -0.492 e. The third-order valence-electron chi connectivity index (χ3n) is 6.62. The Hall–Kier alpha value is -2.98. The first-order valence-electron chi connectivity index (χ1n) is 13.4. The van der Waals surface area contributed by atoms with Crippen LogP contribution in [0.2, 0.25) is 15.1 Å². The standard InChI is InChI=1S/C30H34Cl3N3O5S/c1-5-20(3)34-30(38)21(4)35(18-22-11-16-25(32)26(33)17-22)29(37)19-36(27-9-7-8-10-28(27)41-6-2)42(39,40)24-14-12-23(31)13-15-24/h7-17,20-21H,5-6,18-19H2,1-4H3,(H,34,38)/t20-,21-/m0/s1. The van der Waals surface area contributed by atoms with Gasteiger partial charge in [0, 0.05) is 17.6 Å². The van der Waals surface area contributed by atoms with Gasteiger partial charge < -0.3 is 15.0 Å². The van der Waals surface area contributed by atoms with Gasteiger partial charge in [-0.2, -0.15) is 0 Å². The van der Waals surface area contributed by atoms with E-state index in [0.717, 1.165) is 4.31 Å². The SMILES string of the molecule is CCOc1ccccc1N(CC(=O)N(Cc1ccc(Cl)c(Cl)c1)[C@@H](C)C(=O)N[C@@H](C)CC)S(=O)(=O)c1ccc(Cl)cc1. The smallest absolute Gasteiger partial charge is 0.264 e. The van der Waals surface area contributed by atoms with Crippen LogP contribution >= 0.6 is 34.8 Å². The summed E-state index contributed by atoms with van der Waals surface area (Å²) < 4.78 is 34.8. The Morgan fingerprint density at radius 3 is 2.21 bits per heavy atom. The fourth-order valence-electron chi connectivity index (χ4n) is 4.07. The summed E-state index contributed by atoms with van der Waals surface area (Å²) in [4.78, 5) is 28.6. The molecule has 8 nitrogen and oxygen atoms in total. The van der Waals surface area contributed by atoms with Crippen LogP contribution in [-0.2, 0) is 26.2 Å². The van der Waals surface area contributed by atoms with Crippen LogP contribution in [-0.4, -0.2) is 50.4 Å². The molecule has 226 valence electrons. The van der Waals surface area contributed by atoms with Gasteiger partial charge in [0.15, 0.2) is 0 Å². The molecule has 0 aromatic heterocycles. The third kappa shape index (κ3) is 8.31. The molecule has 0 spiro atoms. The number of amides is 2. The van der Waals surface area contributed by atoms with Crippen molar-refractivity contribution in [3.05, 3.63) is 87.4 Å². The van der Waals surface area contributed by atoms with Crippen LogP contribution in [0.3, 0.4) is 0 Å². The number of halogens is 3. The van der Waals surface area contributed by atoms with Crippen LogP contribution in [0.25, 0.3) is 0 Å².